The van der Waals surface area contributed by atoms with E-state index in [0.717, 1.165) is 39.4 Å². The van der Waals surface area contributed by atoms with Gasteiger partial charge in [-0.2, -0.15) is 5.10 Å². The van der Waals surface area contributed by atoms with Gasteiger partial charge in [-0.15, -0.1) is 11.8 Å². The number of carbonyl (C=O) groups is 2. The molecule has 1 saturated heterocycles. The minimum Gasteiger partial charge on any atom is -0.378 e. The van der Waals surface area contributed by atoms with Crippen molar-refractivity contribution in [2.24, 2.45) is 5.73 Å². The smallest absolute Gasteiger partial charge is 0.274 e. The number of primary amides is 1. The van der Waals surface area contributed by atoms with Crippen molar-refractivity contribution >= 4 is 24.1 Å². The first-order chi connectivity index (χ1) is 17.7. The maximum atomic E-state index is 13.5. The molecule has 0 radical (unpaired) electrons. The lowest BCUT2D eigenvalue weighted by atomic mass is 10.0. The van der Waals surface area contributed by atoms with Gasteiger partial charge in [-0.05, 0) is 29.8 Å². The lowest BCUT2D eigenvalue weighted by Gasteiger charge is -2.26. The molecule has 4 heterocycles. The molecule has 2 aromatic carbocycles. The molecule has 2 aromatic heterocycles. The monoisotopic (exact) mass is 499 g/mol. The Kier molecular flexibility index (Phi) is 7.11. The predicted octanol–water partition coefficient (Wildman–Crippen LogP) is 3.78. The molecule has 2 aliphatic heterocycles. The average molecular weight is 500 g/mol. The molecule has 2 N–H and O–H groups in total. The molecule has 0 atom stereocenters. The van der Waals surface area contributed by atoms with Crippen molar-refractivity contribution in [3.05, 3.63) is 84.3 Å². The zero-order chi connectivity index (χ0) is 24.9. The molecule has 9 heteroatoms. The molecule has 2 amide bonds. The first kappa shape index (κ1) is 23.8. The normalized spacial score (nSPS) is 14.2. The average Bonchev–Trinajstić information content (AvgIpc) is 3.34. The van der Waals surface area contributed by atoms with E-state index in [0.29, 0.717) is 32.0 Å². The summed E-state index contributed by atoms with van der Waals surface area (Å²) in [6.45, 7) is 2.33. The number of morpholine rings is 1. The number of nitrogens with zero attached hydrogens (tertiary/aromatic N) is 4. The van der Waals surface area contributed by atoms with Gasteiger partial charge in [0.2, 0.25) is 6.41 Å². The Morgan fingerprint density at radius 2 is 1.81 bits per heavy atom. The molecule has 0 unspecified atom stereocenters. The van der Waals surface area contributed by atoms with E-state index in [1.165, 1.54) is 4.90 Å². The van der Waals surface area contributed by atoms with Crippen molar-refractivity contribution in [3.63, 3.8) is 0 Å². The number of pyridine rings is 1. The largest absolute Gasteiger partial charge is 0.378 e. The third-order valence-corrected chi connectivity index (χ3v) is 7.18. The number of ether oxygens (including phenoxy) is 1. The third kappa shape index (κ3) is 4.62. The summed E-state index contributed by atoms with van der Waals surface area (Å²) in [7, 11) is 0. The summed E-state index contributed by atoms with van der Waals surface area (Å²) in [5, 5.41) is 4.93. The fourth-order valence-corrected chi connectivity index (χ4v) is 5.50. The predicted molar refractivity (Wildman–Crippen MR) is 139 cm³/mol. The Hall–Kier alpha value is -3.95. The number of amides is 2. The summed E-state index contributed by atoms with van der Waals surface area (Å²) in [4.78, 5) is 29.4. The highest BCUT2D eigenvalue weighted by Gasteiger charge is 2.31. The minimum atomic E-state index is -0.0169. The van der Waals surface area contributed by atoms with Crippen molar-refractivity contribution in [2.45, 2.75) is 10.6 Å². The van der Waals surface area contributed by atoms with Crippen molar-refractivity contribution in [2.75, 3.05) is 26.3 Å². The molecule has 8 nitrogen and oxygen atoms in total. The van der Waals surface area contributed by atoms with E-state index in [2.05, 4.69) is 41.0 Å². The molecular formula is C27H25N5O3S. The molecule has 6 rings (SSSR count). The number of fused-ring (bicyclic) bond motifs is 3. The zero-order valence-electron chi connectivity index (χ0n) is 19.5. The summed E-state index contributed by atoms with van der Waals surface area (Å²) < 4.78 is 7.39. The summed E-state index contributed by atoms with van der Waals surface area (Å²) in [5.41, 5.74) is 10.9. The van der Waals surface area contributed by atoms with Gasteiger partial charge in [0.05, 0.1) is 24.6 Å². The van der Waals surface area contributed by atoms with E-state index in [9.17, 15) is 4.79 Å². The highest BCUT2D eigenvalue weighted by atomic mass is 32.2. The van der Waals surface area contributed by atoms with Crippen LogP contribution in [-0.2, 0) is 15.3 Å². The van der Waals surface area contributed by atoms with Gasteiger partial charge < -0.3 is 15.4 Å². The number of thioether (sulfide) groups is 1. The highest BCUT2D eigenvalue weighted by molar-refractivity contribution is 7.98. The van der Waals surface area contributed by atoms with Crippen molar-refractivity contribution in [3.8, 4) is 28.1 Å². The van der Waals surface area contributed by atoms with Gasteiger partial charge in [0.25, 0.3) is 5.91 Å². The number of carbonyl (C=O) groups excluding carboxylic acids is 2. The quantitative estimate of drug-likeness (QED) is 0.430. The Balaban J connectivity index is 0.000000848. The highest BCUT2D eigenvalue weighted by Crippen LogP contribution is 2.44. The van der Waals surface area contributed by atoms with Crippen LogP contribution in [0.2, 0.25) is 0 Å². The Morgan fingerprint density at radius 1 is 1.03 bits per heavy atom. The van der Waals surface area contributed by atoms with Crippen LogP contribution in [0.25, 0.3) is 28.1 Å². The second-order valence-corrected chi connectivity index (χ2v) is 9.22. The van der Waals surface area contributed by atoms with Crippen LogP contribution in [0.3, 0.4) is 0 Å². The van der Waals surface area contributed by atoms with Crippen LogP contribution in [0.4, 0.5) is 0 Å². The van der Waals surface area contributed by atoms with Gasteiger partial charge in [0, 0.05) is 52.8 Å². The van der Waals surface area contributed by atoms with Gasteiger partial charge >= 0.3 is 0 Å². The maximum absolute atomic E-state index is 13.5. The fourth-order valence-electron chi connectivity index (χ4n) is 4.43. The fraction of sp³-hybridized carbons (Fsp3) is 0.185. The lowest BCUT2D eigenvalue weighted by Crippen LogP contribution is -2.41. The van der Waals surface area contributed by atoms with Gasteiger partial charge in [-0.3, -0.25) is 14.6 Å². The minimum absolute atomic E-state index is 0.0169. The summed E-state index contributed by atoms with van der Waals surface area (Å²) in [5.74, 6) is 0.705. The number of nitrogens with two attached hydrogens (primary N) is 1. The topological polar surface area (TPSA) is 103 Å². The van der Waals surface area contributed by atoms with Crippen LogP contribution in [0.15, 0.2) is 78.0 Å². The first-order valence-electron chi connectivity index (χ1n) is 11.6. The van der Waals surface area contributed by atoms with Gasteiger partial charge in [0.1, 0.15) is 0 Å². The van der Waals surface area contributed by atoms with Crippen LogP contribution >= 0.6 is 11.8 Å². The molecule has 0 spiro atoms. The van der Waals surface area contributed by atoms with E-state index in [-0.39, 0.29) is 12.3 Å². The molecule has 0 aliphatic carbocycles. The standard InChI is InChI=1S/C26H22N4O2S.CH3NO/c31-26(29-11-13-32-14-12-29)24-22-17-33-23-9-2-1-8-21(23)25(22)30(28-24)20-7-3-5-18(15-20)19-6-4-10-27-16-19;2-1-3/h1-10,15-16H,11-14,17H2;1H,(H2,2,3). The second kappa shape index (κ2) is 10.8. The lowest BCUT2D eigenvalue weighted by molar-refractivity contribution is -0.106. The van der Waals surface area contributed by atoms with E-state index in [4.69, 9.17) is 14.6 Å². The Bertz CT molecular complexity index is 1380. The molecule has 0 saturated carbocycles. The first-order valence-corrected chi connectivity index (χ1v) is 12.6. The second-order valence-electron chi connectivity index (χ2n) is 8.21. The number of hydrogen-bond acceptors (Lipinski definition) is 6. The zero-order valence-corrected chi connectivity index (χ0v) is 20.4. The molecular weight excluding hydrogens is 474 g/mol. The Labute approximate surface area is 213 Å². The molecule has 36 heavy (non-hydrogen) atoms. The van der Waals surface area contributed by atoms with Crippen LogP contribution in [0, 0.1) is 0 Å². The summed E-state index contributed by atoms with van der Waals surface area (Å²) in [6.07, 6.45) is 3.88. The Morgan fingerprint density at radius 3 is 2.58 bits per heavy atom. The summed E-state index contributed by atoms with van der Waals surface area (Å²) >= 11 is 1.76. The molecule has 1 fully saturated rings. The SMILES string of the molecule is NC=O.O=C(c1nn(-c2cccc(-c3cccnc3)c2)c2c1CSc1ccccc1-2)N1CCOCC1. The van der Waals surface area contributed by atoms with E-state index in [1.54, 1.807) is 18.0 Å². The molecule has 4 aromatic rings. The number of benzene rings is 2. The van der Waals surface area contributed by atoms with Gasteiger partial charge in [-0.25, -0.2) is 4.68 Å². The van der Waals surface area contributed by atoms with Crippen molar-refractivity contribution < 1.29 is 14.3 Å². The van der Waals surface area contributed by atoms with Crippen LogP contribution in [0.5, 0.6) is 0 Å². The number of hydrogen-bond donors (Lipinski definition) is 1. The third-order valence-electron chi connectivity index (χ3n) is 6.08. The van der Waals surface area contributed by atoms with E-state index < -0.39 is 0 Å². The molecule has 0 bridgehead atoms. The van der Waals surface area contributed by atoms with Crippen LogP contribution in [-0.4, -0.2) is 58.3 Å². The van der Waals surface area contributed by atoms with E-state index >= 15 is 0 Å². The maximum Gasteiger partial charge on any atom is 0.274 e. The van der Waals surface area contributed by atoms with Crippen LogP contribution < -0.4 is 5.73 Å². The van der Waals surface area contributed by atoms with Gasteiger partial charge in [-0.1, -0.05) is 36.4 Å². The summed E-state index contributed by atoms with van der Waals surface area (Å²) in [6, 6.07) is 20.6. The van der Waals surface area contributed by atoms with Gasteiger partial charge in [0.15, 0.2) is 5.69 Å². The number of aromatic nitrogens is 3. The van der Waals surface area contributed by atoms with Crippen molar-refractivity contribution in [1.82, 2.24) is 19.7 Å². The van der Waals surface area contributed by atoms with Crippen LogP contribution in [0.1, 0.15) is 16.1 Å². The molecule has 2 aliphatic rings. The molecule has 182 valence electrons. The van der Waals surface area contributed by atoms with E-state index in [1.807, 2.05) is 46.1 Å². The number of rotatable bonds is 3. The van der Waals surface area contributed by atoms with Crippen molar-refractivity contribution in [1.29, 1.82) is 0 Å².